The van der Waals surface area contributed by atoms with Crippen LogP contribution in [0.5, 0.6) is 0 Å². The fourth-order valence-corrected chi connectivity index (χ4v) is 4.76. The van der Waals surface area contributed by atoms with Crippen molar-refractivity contribution in [3.05, 3.63) is 0 Å². The van der Waals surface area contributed by atoms with E-state index in [1.807, 2.05) is 0 Å². The van der Waals surface area contributed by atoms with Gasteiger partial charge in [0.1, 0.15) is 0 Å². The van der Waals surface area contributed by atoms with E-state index in [2.05, 4.69) is 5.32 Å². The Morgan fingerprint density at radius 2 is 1.61 bits per heavy atom. The highest BCUT2D eigenvalue weighted by Gasteiger charge is 2.35. The van der Waals surface area contributed by atoms with E-state index in [-0.39, 0.29) is 24.4 Å². The molecule has 0 aliphatic carbocycles. The molecule has 0 saturated carbocycles. The van der Waals surface area contributed by atoms with E-state index >= 15 is 0 Å². The predicted molar refractivity (Wildman–Crippen MR) is 87.7 cm³/mol. The second-order valence-corrected chi connectivity index (χ2v) is 7.82. The highest BCUT2D eigenvalue weighted by molar-refractivity contribution is 7.86. The van der Waals surface area contributed by atoms with E-state index in [0.717, 1.165) is 19.4 Å². The van der Waals surface area contributed by atoms with Crippen LogP contribution in [0.15, 0.2) is 0 Å². The van der Waals surface area contributed by atoms with Crippen molar-refractivity contribution in [3.8, 4) is 0 Å². The summed E-state index contributed by atoms with van der Waals surface area (Å²) in [5.41, 5.74) is 0. The van der Waals surface area contributed by atoms with Crippen LogP contribution in [-0.2, 0) is 19.7 Å². The number of nitrogens with zero attached hydrogens (tertiary/aromatic N) is 3. The smallest absolute Gasteiger partial charge is 0.282 e. The van der Waals surface area contributed by atoms with Crippen LogP contribution in [0, 0.1) is 0 Å². The first-order chi connectivity index (χ1) is 10.6. The van der Waals surface area contributed by atoms with Crippen molar-refractivity contribution in [2.24, 2.45) is 0 Å². The zero-order valence-corrected chi connectivity index (χ0v) is 14.8. The summed E-state index contributed by atoms with van der Waals surface area (Å²) in [5.74, 6) is 0.112. The fraction of sp³-hybridized carbons (Fsp3) is 0.923. The summed E-state index contributed by atoms with van der Waals surface area (Å²) in [7, 11) is -3.42. The number of nitrogens with one attached hydrogen (secondary N) is 1. The number of ether oxygens (including phenoxy) is 1. The van der Waals surface area contributed by atoms with Crippen LogP contribution in [-0.4, -0.2) is 92.9 Å². The Balaban J connectivity index is 0.00000192. The summed E-state index contributed by atoms with van der Waals surface area (Å²) in [6, 6.07) is -0.0811. The molecule has 1 unspecified atom stereocenters. The van der Waals surface area contributed by atoms with Crippen molar-refractivity contribution >= 4 is 28.5 Å². The minimum Gasteiger partial charge on any atom is -0.379 e. The van der Waals surface area contributed by atoms with Gasteiger partial charge in [0.2, 0.25) is 5.91 Å². The van der Waals surface area contributed by atoms with Gasteiger partial charge >= 0.3 is 0 Å². The molecule has 0 bridgehead atoms. The highest BCUT2D eigenvalue weighted by Crippen LogP contribution is 2.16. The number of halogens is 1. The number of carbonyl (C=O) groups excluding carboxylic acids is 1. The lowest BCUT2D eigenvalue weighted by atomic mass is 10.2. The van der Waals surface area contributed by atoms with Crippen LogP contribution in [0.4, 0.5) is 0 Å². The molecule has 1 amide bonds. The molecule has 3 rings (SSSR count). The Labute approximate surface area is 143 Å². The lowest BCUT2D eigenvalue weighted by Gasteiger charge is -2.38. The molecule has 134 valence electrons. The average Bonchev–Trinajstić information content (AvgIpc) is 3.09. The van der Waals surface area contributed by atoms with E-state index in [1.54, 1.807) is 4.90 Å². The molecule has 0 aromatic heterocycles. The van der Waals surface area contributed by atoms with Gasteiger partial charge < -0.3 is 15.0 Å². The molecule has 1 atom stereocenters. The van der Waals surface area contributed by atoms with Gasteiger partial charge in [-0.1, -0.05) is 0 Å². The van der Waals surface area contributed by atoms with Crippen molar-refractivity contribution in [2.45, 2.75) is 18.9 Å². The monoisotopic (exact) mass is 368 g/mol. The third-order valence-corrected chi connectivity index (χ3v) is 6.57. The maximum absolute atomic E-state index is 12.6. The fourth-order valence-electron chi connectivity index (χ4n) is 3.20. The topological polar surface area (TPSA) is 82.2 Å². The normalized spacial score (nSPS) is 27.7. The van der Waals surface area contributed by atoms with Gasteiger partial charge in [-0.2, -0.15) is 17.0 Å². The first kappa shape index (κ1) is 18.9. The SMILES string of the molecule is Cl.O=C(C1CCCN1)N1CCN(S(=O)(=O)N2CCOCC2)CC1. The van der Waals surface area contributed by atoms with E-state index < -0.39 is 10.2 Å². The van der Waals surface area contributed by atoms with Gasteiger partial charge in [-0.25, -0.2) is 0 Å². The molecule has 8 nitrogen and oxygen atoms in total. The predicted octanol–water partition coefficient (Wildman–Crippen LogP) is -1.12. The van der Waals surface area contributed by atoms with Crippen molar-refractivity contribution in [1.29, 1.82) is 0 Å². The maximum Gasteiger partial charge on any atom is 0.282 e. The van der Waals surface area contributed by atoms with Gasteiger partial charge in [-0.05, 0) is 19.4 Å². The van der Waals surface area contributed by atoms with Gasteiger partial charge in [0.15, 0.2) is 0 Å². The van der Waals surface area contributed by atoms with E-state index in [1.165, 1.54) is 8.61 Å². The van der Waals surface area contributed by atoms with Crippen molar-refractivity contribution in [1.82, 2.24) is 18.8 Å². The second-order valence-electron chi connectivity index (χ2n) is 5.89. The minimum absolute atomic E-state index is 0. The number of morpholine rings is 1. The van der Waals surface area contributed by atoms with Crippen LogP contribution in [0.3, 0.4) is 0 Å². The summed E-state index contributed by atoms with van der Waals surface area (Å²) in [4.78, 5) is 14.1. The molecule has 1 N–H and O–H groups in total. The molecule has 0 radical (unpaired) electrons. The first-order valence-electron chi connectivity index (χ1n) is 7.94. The molecule has 10 heteroatoms. The van der Waals surface area contributed by atoms with E-state index in [0.29, 0.717) is 52.5 Å². The van der Waals surface area contributed by atoms with Crippen LogP contribution in [0.2, 0.25) is 0 Å². The standard InChI is InChI=1S/C13H24N4O4S.ClH/c18-13(12-2-1-3-14-12)15-4-6-16(7-5-15)22(19,20)17-8-10-21-11-9-17;/h12,14H,1-11H2;1H. The average molecular weight is 369 g/mol. The Morgan fingerprint density at radius 3 is 2.17 bits per heavy atom. The molecule has 0 spiro atoms. The van der Waals surface area contributed by atoms with Crippen LogP contribution in [0.1, 0.15) is 12.8 Å². The molecular formula is C13H25ClN4O4S. The van der Waals surface area contributed by atoms with Gasteiger partial charge in [-0.3, -0.25) is 4.79 Å². The largest absolute Gasteiger partial charge is 0.379 e. The molecule has 23 heavy (non-hydrogen) atoms. The molecule has 0 aromatic carbocycles. The summed E-state index contributed by atoms with van der Waals surface area (Å²) in [6.45, 7) is 4.30. The summed E-state index contributed by atoms with van der Waals surface area (Å²) in [5, 5.41) is 3.20. The summed E-state index contributed by atoms with van der Waals surface area (Å²) >= 11 is 0. The summed E-state index contributed by atoms with van der Waals surface area (Å²) < 4.78 is 33.3. The first-order valence-corrected chi connectivity index (χ1v) is 9.34. The lowest BCUT2D eigenvalue weighted by molar-refractivity contribution is -0.134. The Bertz CT molecular complexity index is 498. The number of hydrogen-bond acceptors (Lipinski definition) is 5. The molecule has 3 fully saturated rings. The van der Waals surface area contributed by atoms with E-state index in [9.17, 15) is 13.2 Å². The van der Waals surface area contributed by atoms with Gasteiger partial charge in [-0.15, -0.1) is 12.4 Å². The number of piperazine rings is 1. The number of rotatable bonds is 3. The number of hydrogen-bond donors (Lipinski definition) is 1. The Hall–Kier alpha value is -0.450. The van der Waals surface area contributed by atoms with Gasteiger partial charge in [0.05, 0.1) is 19.3 Å². The molecule has 3 heterocycles. The molecule has 3 aliphatic rings. The lowest BCUT2D eigenvalue weighted by Crippen LogP contribution is -2.57. The molecular weight excluding hydrogens is 344 g/mol. The number of carbonyl (C=O) groups is 1. The highest BCUT2D eigenvalue weighted by atomic mass is 35.5. The molecule has 3 aliphatic heterocycles. The van der Waals surface area contributed by atoms with Crippen LogP contribution >= 0.6 is 12.4 Å². The molecule has 0 aromatic rings. The van der Waals surface area contributed by atoms with Crippen molar-refractivity contribution in [3.63, 3.8) is 0 Å². The van der Waals surface area contributed by atoms with Gasteiger partial charge in [0, 0.05) is 39.3 Å². The van der Waals surface area contributed by atoms with E-state index in [4.69, 9.17) is 4.74 Å². The zero-order valence-electron chi connectivity index (χ0n) is 13.1. The van der Waals surface area contributed by atoms with Crippen LogP contribution in [0.25, 0.3) is 0 Å². The van der Waals surface area contributed by atoms with Gasteiger partial charge in [0.25, 0.3) is 10.2 Å². The third-order valence-electron chi connectivity index (χ3n) is 4.53. The quantitative estimate of drug-likeness (QED) is 0.682. The Morgan fingerprint density at radius 1 is 1.00 bits per heavy atom. The van der Waals surface area contributed by atoms with Crippen LogP contribution < -0.4 is 5.32 Å². The maximum atomic E-state index is 12.6. The Kier molecular flexibility index (Phi) is 6.64. The zero-order chi connectivity index (χ0) is 15.6. The van der Waals surface area contributed by atoms with Crippen molar-refractivity contribution < 1.29 is 17.9 Å². The number of amides is 1. The second kappa shape index (κ2) is 8.09. The summed E-state index contributed by atoms with van der Waals surface area (Å²) in [6.07, 6.45) is 1.91. The molecule has 3 saturated heterocycles. The van der Waals surface area contributed by atoms with Crippen molar-refractivity contribution in [2.75, 3.05) is 59.0 Å². The third kappa shape index (κ3) is 4.15. The minimum atomic E-state index is -3.42.